The van der Waals surface area contributed by atoms with Gasteiger partial charge in [0.2, 0.25) is 0 Å². The number of hydrogen-bond acceptors (Lipinski definition) is 2. The van der Waals surface area contributed by atoms with Gasteiger partial charge in [-0.3, -0.25) is 9.48 Å². The number of carboxylic acids is 1. The van der Waals surface area contributed by atoms with Crippen molar-refractivity contribution < 1.29 is 18.7 Å². The highest BCUT2D eigenvalue weighted by Crippen LogP contribution is 2.25. The van der Waals surface area contributed by atoms with Crippen molar-refractivity contribution in [1.29, 1.82) is 0 Å². The van der Waals surface area contributed by atoms with Crippen LogP contribution in [0.25, 0.3) is 0 Å². The highest BCUT2D eigenvalue weighted by molar-refractivity contribution is 9.10. The van der Waals surface area contributed by atoms with E-state index in [1.165, 1.54) is 6.20 Å². The molecule has 7 heteroatoms. The summed E-state index contributed by atoms with van der Waals surface area (Å²) >= 11 is 2.85. The van der Waals surface area contributed by atoms with E-state index < -0.39 is 24.6 Å². The summed E-state index contributed by atoms with van der Waals surface area (Å²) < 4.78 is 25.3. The van der Waals surface area contributed by atoms with E-state index in [-0.39, 0.29) is 4.47 Å². The van der Waals surface area contributed by atoms with E-state index in [0.29, 0.717) is 0 Å². The van der Waals surface area contributed by atoms with Crippen LogP contribution >= 0.6 is 15.9 Å². The van der Waals surface area contributed by atoms with E-state index in [0.717, 1.165) is 4.68 Å². The molecule has 0 saturated carbocycles. The van der Waals surface area contributed by atoms with Crippen LogP contribution in [0.3, 0.4) is 0 Å². The van der Waals surface area contributed by atoms with Crippen LogP contribution in [-0.2, 0) is 11.3 Å². The summed E-state index contributed by atoms with van der Waals surface area (Å²) in [7, 11) is 0. The SMILES string of the molecule is O=C(O)Cn1cc(Br)c(C(F)F)n1. The lowest BCUT2D eigenvalue weighted by atomic mass is 10.5. The van der Waals surface area contributed by atoms with Crippen LogP contribution in [0.1, 0.15) is 12.1 Å². The maximum atomic E-state index is 12.1. The van der Waals surface area contributed by atoms with Gasteiger partial charge < -0.3 is 5.11 Å². The molecule has 4 nitrogen and oxygen atoms in total. The maximum absolute atomic E-state index is 12.1. The van der Waals surface area contributed by atoms with Crippen LogP contribution in [0.2, 0.25) is 0 Å². The van der Waals surface area contributed by atoms with Crippen molar-refractivity contribution in [1.82, 2.24) is 9.78 Å². The second kappa shape index (κ2) is 3.82. The Hall–Kier alpha value is -0.980. The molecule has 0 aliphatic rings. The number of carbonyl (C=O) groups is 1. The van der Waals surface area contributed by atoms with Gasteiger partial charge in [-0.05, 0) is 15.9 Å². The van der Waals surface area contributed by atoms with Crippen molar-refractivity contribution in [2.75, 3.05) is 0 Å². The van der Waals surface area contributed by atoms with Crippen molar-refractivity contribution in [3.63, 3.8) is 0 Å². The fourth-order valence-corrected chi connectivity index (χ4v) is 1.27. The average molecular weight is 255 g/mol. The topological polar surface area (TPSA) is 55.1 Å². The average Bonchev–Trinajstić information content (AvgIpc) is 2.29. The van der Waals surface area contributed by atoms with Crippen molar-refractivity contribution in [2.24, 2.45) is 0 Å². The zero-order valence-electron chi connectivity index (χ0n) is 6.25. The van der Waals surface area contributed by atoms with E-state index in [1.807, 2.05) is 0 Å². The molecule has 0 saturated heterocycles. The Kier molecular flexibility index (Phi) is 2.97. The van der Waals surface area contributed by atoms with E-state index in [9.17, 15) is 13.6 Å². The zero-order valence-corrected chi connectivity index (χ0v) is 7.83. The number of aromatic nitrogens is 2. The van der Waals surface area contributed by atoms with Gasteiger partial charge in [0.05, 0.1) is 4.47 Å². The van der Waals surface area contributed by atoms with E-state index in [4.69, 9.17) is 5.11 Å². The summed E-state index contributed by atoms with van der Waals surface area (Å²) in [4.78, 5) is 10.2. The van der Waals surface area contributed by atoms with Gasteiger partial charge in [-0.15, -0.1) is 0 Å². The molecule has 0 amide bonds. The molecule has 0 fully saturated rings. The molecule has 1 N–H and O–H groups in total. The number of aliphatic carboxylic acids is 1. The fraction of sp³-hybridized carbons (Fsp3) is 0.333. The molecular formula is C6H5BrF2N2O2. The number of hydrogen-bond donors (Lipinski definition) is 1. The Morgan fingerprint density at radius 1 is 1.77 bits per heavy atom. The van der Waals surface area contributed by atoms with Crippen molar-refractivity contribution >= 4 is 21.9 Å². The summed E-state index contributed by atoms with van der Waals surface area (Å²) in [6, 6.07) is 0. The minimum absolute atomic E-state index is 0.115. The normalized spacial score (nSPS) is 10.8. The molecule has 1 aromatic rings. The Morgan fingerprint density at radius 3 is 2.77 bits per heavy atom. The predicted octanol–water partition coefficient (Wildman–Crippen LogP) is 1.67. The summed E-state index contributed by atoms with van der Waals surface area (Å²) in [5.74, 6) is -1.13. The minimum Gasteiger partial charge on any atom is -0.480 e. The number of rotatable bonds is 3. The number of halogens is 3. The highest BCUT2D eigenvalue weighted by Gasteiger charge is 2.16. The van der Waals surface area contributed by atoms with E-state index in [1.54, 1.807) is 0 Å². The summed E-state index contributed by atoms with van der Waals surface area (Å²) in [5, 5.41) is 11.7. The molecule has 0 aromatic carbocycles. The number of nitrogens with zero attached hydrogens (tertiary/aromatic N) is 2. The lowest BCUT2D eigenvalue weighted by molar-refractivity contribution is -0.137. The Balaban J connectivity index is 2.88. The summed E-state index contributed by atoms with van der Waals surface area (Å²) in [5.41, 5.74) is -0.443. The minimum atomic E-state index is -2.70. The van der Waals surface area contributed by atoms with Crippen molar-refractivity contribution in [3.05, 3.63) is 16.4 Å². The smallest absolute Gasteiger partial charge is 0.325 e. The third-order valence-corrected chi connectivity index (χ3v) is 1.86. The van der Waals surface area contributed by atoms with Crippen LogP contribution in [0.4, 0.5) is 8.78 Å². The molecule has 1 aromatic heterocycles. The first-order valence-electron chi connectivity index (χ1n) is 3.23. The molecular weight excluding hydrogens is 250 g/mol. The van der Waals surface area contributed by atoms with Gasteiger partial charge in [0.25, 0.3) is 6.43 Å². The van der Waals surface area contributed by atoms with Gasteiger partial charge in [0.1, 0.15) is 12.2 Å². The van der Waals surface area contributed by atoms with Crippen molar-refractivity contribution in [3.8, 4) is 0 Å². The number of alkyl halides is 2. The van der Waals surface area contributed by atoms with Gasteiger partial charge in [-0.25, -0.2) is 8.78 Å². The lowest BCUT2D eigenvalue weighted by Gasteiger charge is -1.94. The molecule has 0 aliphatic heterocycles. The molecule has 0 unspecified atom stereocenters. The molecule has 0 bridgehead atoms. The quantitative estimate of drug-likeness (QED) is 0.893. The molecule has 72 valence electrons. The van der Waals surface area contributed by atoms with E-state index >= 15 is 0 Å². The standard InChI is InChI=1S/C6H5BrF2N2O2/c7-3-1-11(2-4(12)13)10-5(3)6(8)9/h1,6H,2H2,(H,12,13). The van der Waals surface area contributed by atoms with Crippen LogP contribution in [0.5, 0.6) is 0 Å². The Labute approximate surface area is 80.3 Å². The van der Waals surface area contributed by atoms with Gasteiger partial charge in [-0.1, -0.05) is 0 Å². The summed E-state index contributed by atoms with van der Waals surface area (Å²) in [6.07, 6.45) is -1.50. The Bertz CT molecular complexity index is 326. The third-order valence-electron chi connectivity index (χ3n) is 1.25. The van der Waals surface area contributed by atoms with Gasteiger partial charge in [0, 0.05) is 6.20 Å². The third kappa shape index (κ3) is 2.48. The van der Waals surface area contributed by atoms with E-state index in [2.05, 4.69) is 21.0 Å². The second-order valence-electron chi connectivity index (χ2n) is 2.25. The molecule has 13 heavy (non-hydrogen) atoms. The first-order chi connectivity index (χ1) is 6.00. The largest absolute Gasteiger partial charge is 0.480 e. The molecule has 1 heterocycles. The molecule has 0 spiro atoms. The molecule has 0 radical (unpaired) electrons. The predicted molar refractivity (Wildman–Crippen MR) is 42.5 cm³/mol. The monoisotopic (exact) mass is 254 g/mol. The first-order valence-corrected chi connectivity index (χ1v) is 4.03. The second-order valence-corrected chi connectivity index (χ2v) is 3.11. The van der Waals surface area contributed by atoms with Crippen LogP contribution in [-0.4, -0.2) is 20.9 Å². The highest BCUT2D eigenvalue weighted by atomic mass is 79.9. The van der Waals surface area contributed by atoms with Gasteiger partial charge in [-0.2, -0.15) is 5.10 Å². The van der Waals surface area contributed by atoms with Crippen LogP contribution in [0, 0.1) is 0 Å². The Morgan fingerprint density at radius 2 is 2.38 bits per heavy atom. The van der Waals surface area contributed by atoms with Crippen LogP contribution in [0.15, 0.2) is 10.7 Å². The molecule has 1 rings (SSSR count). The molecule has 0 aliphatic carbocycles. The fourth-order valence-electron chi connectivity index (χ4n) is 0.779. The zero-order chi connectivity index (χ0) is 10.0. The lowest BCUT2D eigenvalue weighted by Crippen LogP contribution is -2.09. The van der Waals surface area contributed by atoms with Gasteiger partial charge >= 0.3 is 5.97 Å². The molecule has 0 atom stereocenters. The van der Waals surface area contributed by atoms with Crippen LogP contribution < -0.4 is 0 Å². The van der Waals surface area contributed by atoms with Gasteiger partial charge in [0.15, 0.2) is 0 Å². The number of carboxylic acid groups (broad SMARTS) is 1. The van der Waals surface area contributed by atoms with Crippen molar-refractivity contribution in [2.45, 2.75) is 13.0 Å². The summed E-state index contributed by atoms with van der Waals surface area (Å²) in [6.45, 7) is -0.425. The first kappa shape index (κ1) is 10.1. The maximum Gasteiger partial charge on any atom is 0.325 e.